The van der Waals surface area contributed by atoms with Crippen molar-refractivity contribution in [3.8, 4) is 0 Å². The van der Waals surface area contributed by atoms with Gasteiger partial charge in [0.25, 0.3) is 0 Å². The van der Waals surface area contributed by atoms with Gasteiger partial charge in [0.2, 0.25) is 5.91 Å². The quantitative estimate of drug-likeness (QED) is 0.0320. The van der Waals surface area contributed by atoms with E-state index in [1.165, 1.54) is 360 Å². The van der Waals surface area contributed by atoms with Crippen LogP contribution in [-0.2, 0) is 14.3 Å². The number of carbonyl (C=O) groups is 2. The Morgan fingerprint density at radius 2 is 0.573 bits per heavy atom. The lowest BCUT2D eigenvalue weighted by Gasteiger charge is -2.20. The van der Waals surface area contributed by atoms with Gasteiger partial charge in [0.1, 0.15) is 0 Å². The molecule has 0 aromatic carbocycles. The van der Waals surface area contributed by atoms with Crippen molar-refractivity contribution < 1.29 is 24.5 Å². The van der Waals surface area contributed by atoms with Gasteiger partial charge in [0, 0.05) is 12.8 Å². The van der Waals surface area contributed by atoms with Gasteiger partial charge in [0.05, 0.1) is 25.4 Å². The lowest BCUT2D eigenvalue weighted by Crippen LogP contribution is -2.45. The summed E-state index contributed by atoms with van der Waals surface area (Å²) in [6.07, 6.45) is 91.3. The molecule has 486 valence electrons. The number of allylic oxidation sites excluding steroid dienone is 3. The maximum atomic E-state index is 12.5. The van der Waals surface area contributed by atoms with Gasteiger partial charge in [-0.25, -0.2) is 0 Å². The van der Waals surface area contributed by atoms with Crippen LogP contribution in [0.1, 0.15) is 425 Å². The number of unbranched alkanes of at least 4 members (excludes halogenated alkanes) is 58. The van der Waals surface area contributed by atoms with Crippen molar-refractivity contribution >= 4 is 11.9 Å². The summed E-state index contributed by atoms with van der Waals surface area (Å²) >= 11 is 0. The Bertz CT molecular complexity index is 1280. The van der Waals surface area contributed by atoms with Crippen LogP contribution >= 0.6 is 0 Å². The fourth-order valence-electron chi connectivity index (χ4n) is 12.0. The summed E-state index contributed by atoms with van der Waals surface area (Å²) in [7, 11) is 0. The summed E-state index contributed by atoms with van der Waals surface area (Å²) in [4.78, 5) is 24.7. The molecule has 6 nitrogen and oxygen atoms in total. The van der Waals surface area contributed by atoms with Crippen LogP contribution in [0.2, 0.25) is 0 Å². The van der Waals surface area contributed by atoms with E-state index in [0.717, 1.165) is 38.5 Å². The third-order valence-corrected chi connectivity index (χ3v) is 17.7. The van der Waals surface area contributed by atoms with E-state index >= 15 is 0 Å². The molecule has 2 unspecified atom stereocenters. The molecule has 0 heterocycles. The molecule has 3 N–H and O–H groups in total. The summed E-state index contributed by atoms with van der Waals surface area (Å²) < 4.78 is 5.51. The number of hydrogen-bond acceptors (Lipinski definition) is 5. The van der Waals surface area contributed by atoms with Crippen LogP contribution in [0.15, 0.2) is 24.3 Å². The standard InChI is InChI=1S/C76H147NO5/c1-3-5-7-9-11-13-15-17-19-21-23-24-27-30-33-36-40-44-48-52-56-60-64-68-74(79)73(72-78)77-75(80)69-65-61-57-53-49-45-41-37-34-31-28-25-26-29-32-35-39-43-47-51-55-59-63-67-71-82-76(81)70-66-62-58-54-50-46-42-38-22-20-18-16-14-12-10-8-6-4-2/h28,31,64,68,73-74,78-79H,3-27,29-30,32-63,65-67,69-72H2,1-2H3,(H,77,80)/b31-28-,68-64+. The van der Waals surface area contributed by atoms with E-state index in [4.69, 9.17) is 4.74 Å². The fraction of sp³-hybridized carbons (Fsp3) is 0.921. The first kappa shape index (κ1) is 80.3. The van der Waals surface area contributed by atoms with Gasteiger partial charge < -0.3 is 20.3 Å². The zero-order chi connectivity index (χ0) is 59.2. The minimum absolute atomic E-state index is 0.0175. The summed E-state index contributed by atoms with van der Waals surface area (Å²) in [6.45, 7) is 4.95. The topological polar surface area (TPSA) is 95.9 Å². The van der Waals surface area contributed by atoms with E-state index in [2.05, 4.69) is 31.3 Å². The second-order valence-corrected chi connectivity index (χ2v) is 26.0. The maximum Gasteiger partial charge on any atom is 0.305 e. The van der Waals surface area contributed by atoms with Crippen molar-refractivity contribution in [3.63, 3.8) is 0 Å². The zero-order valence-corrected chi connectivity index (χ0v) is 55.8. The summed E-state index contributed by atoms with van der Waals surface area (Å²) in [5.74, 6) is -0.0503. The van der Waals surface area contributed by atoms with Crippen molar-refractivity contribution in [2.75, 3.05) is 13.2 Å². The number of amides is 1. The Morgan fingerprint density at radius 1 is 0.329 bits per heavy atom. The Morgan fingerprint density at radius 3 is 0.866 bits per heavy atom. The molecule has 0 fully saturated rings. The molecule has 0 bridgehead atoms. The third-order valence-electron chi connectivity index (χ3n) is 17.7. The van der Waals surface area contributed by atoms with Crippen LogP contribution in [0.4, 0.5) is 0 Å². The van der Waals surface area contributed by atoms with Gasteiger partial charge in [-0.15, -0.1) is 0 Å². The first-order valence-electron chi connectivity index (χ1n) is 37.6. The highest BCUT2D eigenvalue weighted by Crippen LogP contribution is 2.19. The van der Waals surface area contributed by atoms with Crippen LogP contribution in [0.3, 0.4) is 0 Å². The smallest absolute Gasteiger partial charge is 0.305 e. The normalized spacial score (nSPS) is 12.6. The highest BCUT2D eigenvalue weighted by molar-refractivity contribution is 5.76. The summed E-state index contributed by atoms with van der Waals surface area (Å²) in [6, 6.07) is -0.632. The van der Waals surface area contributed by atoms with Crippen LogP contribution in [0.5, 0.6) is 0 Å². The van der Waals surface area contributed by atoms with Crippen molar-refractivity contribution in [1.29, 1.82) is 0 Å². The molecule has 0 aromatic rings. The van der Waals surface area contributed by atoms with Gasteiger partial charge in [0.15, 0.2) is 0 Å². The molecule has 1 amide bonds. The SMILES string of the molecule is CCCCCCCCCCCCCCCCCCCCCCC/C=C/C(O)C(CO)NC(=O)CCCCCCCCCC/C=C\CCCCCCCCCCCCCCOC(=O)CCCCCCCCCCCCCCCCCCCC. The minimum Gasteiger partial charge on any atom is -0.466 e. The number of ether oxygens (including phenoxy) is 1. The molecule has 82 heavy (non-hydrogen) atoms. The lowest BCUT2D eigenvalue weighted by atomic mass is 10.0. The van der Waals surface area contributed by atoms with Crippen molar-refractivity contribution in [1.82, 2.24) is 5.32 Å². The molecular weight excluding hydrogens is 1010 g/mol. The highest BCUT2D eigenvalue weighted by Gasteiger charge is 2.18. The Hall–Kier alpha value is -1.66. The molecule has 0 aliphatic carbocycles. The van der Waals surface area contributed by atoms with E-state index in [1.807, 2.05) is 6.08 Å². The number of aliphatic hydroxyl groups is 2. The predicted octanol–water partition coefficient (Wildman–Crippen LogP) is 24.5. The van der Waals surface area contributed by atoms with Gasteiger partial charge in [-0.05, 0) is 57.8 Å². The van der Waals surface area contributed by atoms with E-state index < -0.39 is 12.1 Å². The Labute approximate surface area is 513 Å². The molecule has 0 aliphatic rings. The van der Waals surface area contributed by atoms with Crippen LogP contribution in [0.25, 0.3) is 0 Å². The number of aliphatic hydroxyl groups excluding tert-OH is 2. The number of esters is 1. The van der Waals surface area contributed by atoms with Crippen molar-refractivity contribution in [2.24, 2.45) is 0 Å². The molecule has 0 spiro atoms. The lowest BCUT2D eigenvalue weighted by molar-refractivity contribution is -0.143. The molecule has 2 atom stereocenters. The maximum absolute atomic E-state index is 12.5. The molecule has 0 radical (unpaired) electrons. The Kier molecular flexibility index (Phi) is 70.4. The molecule has 0 saturated carbocycles. The summed E-state index contributed by atoms with van der Waals surface area (Å²) in [5, 5.41) is 23.3. The third kappa shape index (κ3) is 67.5. The van der Waals surface area contributed by atoms with Gasteiger partial charge in [-0.3, -0.25) is 9.59 Å². The second-order valence-electron chi connectivity index (χ2n) is 26.0. The molecular formula is C76H147NO5. The van der Waals surface area contributed by atoms with E-state index in [0.29, 0.717) is 19.4 Å². The van der Waals surface area contributed by atoms with Gasteiger partial charge in [-0.1, -0.05) is 378 Å². The van der Waals surface area contributed by atoms with E-state index in [1.54, 1.807) is 6.08 Å². The van der Waals surface area contributed by atoms with Crippen LogP contribution < -0.4 is 5.32 Å². The first-order valence-corrected chi connectivity index (χ1v) is 37.6. The van der Waals surface area contributed by atoms with Crippen LogP contribution in [0, 0.1) is 0 Å². The van der Waals surface area contributed by atoms with E-state index in [-0.39, 0.29) is 18.5 Å². The minimum atomic E-state index is -0.849. The van der Waals surface area contributed by atoms with Crippen molar-refractivity contribution in [3.05, 3.63) is 24.3 Å². The summed E-state index contributed by atoms with van der Waals surface area (Å²) in [5.41, 5.74) is 0. The zero-order valence-electron chi connectivity index (χ0n) is 55.8. The largest absolute Gasteiger partial charge is 0.466 e. The van der Waals surface area contributed by atoms with E-state index in [9.17, 15) is 19.8 Å². The van der Waals surface area contributed by atoms with Gasteiger partial charge >= 0.3 is 5.97 Å². The number of rotatable bonds is 71. The van der Waals surface area contributed by atoms with Crippen LogP contribution in [-0.4, -0.2) is 47.4 Å². The predicted molar refractivity (Wildman–Crippen MR) is 361 cm³/mol. The molecule has 0 aromatic heterocycles. The Balaban J connectivity index is 3.41. The average molecular weight is 1160 g/mol. The van der Waals surface area contributed by atoms with Crippen molar-refractivity contribution in [2.45, 2.75) is 437 Å². The van der Waals surface area contributed by atoms with Gasteiger partial charge in [-0.2, -0.15) is 0 Å². The molecule has 0 rings (SSSR count). The average Bonchev–Trinajstić information content (AvgIpc) is 3.48. The number of nitrogens with one attached hydrogen (secondary N) is 1. The molecule has 0 saturated heterocycles. The number of carbonyl (C=O) groups excluding carboxylic acids is 2. The monoisotopic (exact) mass is 1150 g/mol. The highest BCUT2D eigenvalue weighted by atomic mass is 16.5. The second kappa shape index (κ2) is 71.8. The fourth-order valence-corrected chi connectivity index (χ4v) is 12.0. The molecule has 6 heteroatoms. The number of hydrogen-bond donors (Lipinski definition) is 3. The molecule has 0 aliphatic heterocycles. The first-order chi connectivity index (χ1) is 40.5.